The van der Waals surface area contributed by atoms with E-state index in [1.807, 2.05) is 36.4 Å². The fraction of sp³-hybridized carbons (Fsp3) is 0.423. The van der Waals surface area contributed by atoms with Crippen LogP contribution in [0, 0.1) is 0 Å². The van der Waals surface area contributed by atoms with Gasteiger partial charge in [0.1, 0.15) is 0 Å². The lowest BCUT2D eigenvalue weighted by Gasteiger charge is -2.26. The molecule has 0 saturated carbocycles. The Kier molecular flexibility index (Phi) is 9.63. The summed E-state index contributed by atoms with van der Waals surface area (Å²) in [4.78, 5) is 40.5. The van der Waals surface area contributed by atoms with Crippen LogP contribution in [0.1, 0.15) is 16.8 Å². The molecule has 0 aliphatic carbocycles. The van der Waals surface area contributed by atoms with Crippen molar-refractivity contribution in [1.82, 2.24) is 15.1 Å². The monoisotopic (exact) mass is 482 g/mol. The molecule has 3 rings (SSSR count). The first kappa shape index (κ1) is 26.2. The van der Waals surface area contributed by atoms with Crippen LogP contribution in [0.2, 0.25) is 0 Å². The topological polar surface area (TPSA) is 100 Å². The highest BCUT2D eigenvalue weighted by molar-refractivity contribution is 6.07. The number of rotatable bonds is 10. The third-order valence-corrected chi connectivity index (χ3v) is 6.06. The molecular weight excluding hydrogens is 448 g/mol. The van der Waals surface area contributed by atoms with Gasteiger partial charge in [0, 0.05) is 45.0 Å². The number of methoxy groups -OCH3 is 1. The van der Waals surface area contributed by atoms with E-state index in [-0.39, 0.29) is 0 Å². The standard InChI is InChI=1S/C26H34N4O5/c1-27-24(31)23(26(33)34-3)29(2)25(32)21-7-5-19(6-8-21)20-9-11-22(12-10-20)28-13-4-14-30-15-17-35-18-16-30/h5-12,23,28H,4,13-18H2,1-3H3,(H,27,31). The van der Waals surface area contributed by atoms with Crippen molar-refractivity contribution in [2.75, 3.05) is 65.9 Å². The largest absolute Gasteiger partial charge is 0.467 e. The van der Waals surface area contributed by atoms with Crippen molar-refractivity contribution < 1.29 is 23.9 Å². The molecule has 0 bridgehead atoms. The lowest BCUT2D eigenvalue weighted by Crippen LogP contribution is -2.51. The van der Waals surface area contributed by atoms with Gasteiger partial charge in [-0.1, -0.05) is 24.3 Å². The first-order chi connectivity index (χ1) is 16.9. The molecule has 1 atom stereocenters. The van der Waals surface area contributed by atoms with Crippen molar-refractivity contribution in [2.24, 2.45) is 0 Å². The molecule has 2 amide bonds. The predicted octanol–water partition coefficient (Wildman–Crippen LogP) is 1.85. The van der Waals surface area contributed by atoms with E-state index >= 15 is 0 Å². The van der Waals surface area contributed by atoms with Gasteiger partial charge in [0.15, 0.2) is 0 Å². The van der Waals surface area contributed by atoms with E-state index in [0.29, 0.717) is 5.56 Å². The van der Waals surface area contributed by atoms with E-state index in [1.165, 1.54) is 21.2 Å². The summed E-state index contributed by atoms with van der Waals surface area (Å²) in [7, 11) is 3.98. The number of nitrogens with zero attached hydrogens (tertiary/aromatic N) is 2. The minimum atomic E-state index is -1.36. The number of hydrogen-bond donors (Lipinski definition) is 2. The Labute approximate surface area is 206 Å². The minimum absolute atomic E-state index is 0.368. The zero-order valence-electron chi connectivity index (χ0n) is 20.6. The van der Waals surface area contributed by atoms with Crippen LogP contribution in [0.4, 0.5) is 5.69 Å². The van der Waals surface area contributed by atoms with Gasteiger partial charge in [0.2, 0.25) is 6.04 Å². The summed E-state index contributed by atoms with van der Waals surface area (Å²) in [5.41, 5.74) is 3.41. The van der Waals surface area contributed by atoms with E-state index in [4.69, 9.17) is 4.74 Å². The molecule has 1 fully saturated rings. The van der Waals surface area contributed by atoms with Crippen LogP contribution >= 0.6 is 0 Å². The lowest BCUT2D eigenvalue weighted by atomic mass is 10.0. The van der Waals surface area contributed by atoms with E-state index in [9.17, 15) is 14.4 Å². The quantitative estimate of drug-likeness (QED) is 0.303. The van der Waals surface area contributed by atoms with Crippen LogP contribution < -0.4 is 10.6 Å². The normalized spacial score (nSPS) is 14.6. The van der Waals surface area contributed by atoms with Gasteiger partial charge in [-0.3, -0.25) is 14.5 Å². The molecule has 9 nitrogen and oxygen atoms in total. The fourth-order valence-electron chi connectivity index (χ4n) is 3.96. The lowest BCUT2D eigenvalue weighted by molar-refractivity contribution is -0.150. The average molecular weight is 483 g/mol. The Morgan fingerprint density at radius 1 is 1.03 bits per heavy atom. The van der Waals surface area contributed by atoms with Crippen molar-refractivity contribution in [3.63, 3.8) is 0 Å². The molecule has 0 aromatic heterocycles. The van der Waals surface area contributed by atoms with Gasteiger partial charge in [-0.2, -0.15) is 0 Å². The van der Waals surface area contributed by atoms with Crippen molar-refractivity contribution in [1.29, 1.82) is 0 Å². The maximum atomic E-state index is 12.9. The molecule has 2 aromatic carbocycles. The number of likely N-dealkylation sites (N-methyl/N-ethyl adjacent to an activating group) is 2. The summed E-state index contributed by atoms with van der Waals surface area (Å²) < 4.78 is 10.1. The zero-order chi connectivity index (χ0) is 25.2. The van der Waals surface area contributed by atoms with Crippen molar-refractivity contribution >= 4 is 23.5 Å². The van der Waals surface area contributed by atoms with Gasteiger partial charge in [-0.05, 0) is 48.4 Å². The Hall–Kier alpha value is -3.43. The summed E-state index contributed by atoms with van der Waals surface area (Å²) in [6, 6.07) is 13.9. The summed E-state index contributed by atoms with van der Waals surface area (Å²) >= 11 is 0. The number of amides is 2. The zero-order valence-corrected chi connectivity index (χ0v) is 20.6. The summed E-state index contributed by atoms with van der Waals surface area (Å²) in [5, 5.41) is 5.85. The molecule has 1 saturated heterocycles. The number of anilines is 1. The van der Waals surface area contributed by atoms with Crippen LogP contribution in [0.25, 0.3) is 11.1 Å². The molecular formula is C26H34N4O5. The Morgan fingerprint density at radius 3 is 2.20 bits per heavy atom. The predicted molar refractivity (Wildman–Crippen MR) is 134 cm³/mol. The molecule has 0 spiro atoms. The molecule has 1 aliphatic heterocycles. The van der Waals surface area contributed by atoms with Crippen LogP contribution in [0.3, 0.4) is 0 Å². The number of morpholine rings is 1. The van der Waals surface area contributed by atoms with Gasteiger partial charge in [0.25, 0.3) is 11.8 Å². The summed E-state index contributed by atoms with van der Waals surface area (Å²) in [6.45, 7) is 5.64. The summed E-state index contributed by atoms with van der Waals surface area (Å²) in [6.07, 6.45) is 1.07. The molecule has 2 aromatic rings. The molecule has 1 unspecified atom stereocenters. The van der Waals surface area contributed by atoms with Crippen molar-refractivity contribution in [3.8, 4) is 11.1 Å². The van der Waals surface area contributed by atoms with E-state index in [2.05, 4.69) is 20.3 Å². The van der Waals surface area contributed by atoms with E-state index in [1.54, 1.807) is 12.1 Å². The van der Waals surface area contributed by atoms with Crippen LogP contribution in [0.15, 0.2) is 48.5 Å². The molecule has 1 heterocycles. The highest BCUT2D eigenvalue weighted by Gasteiger charge is 2.34. The van der Waals surface area contributed by atoms with Crippen LogP contribution in [-0.2, 0) is 19.1 Å². The van der Waals surface area contributed by atoms with Crippen molar-refractivity contribution in [3.05, 3.63) is 54.1 Å². The van der Waals surface area contributed by atoms with Crippen LogP contribution in [0.5, 0.6) is 0 Å². The molecule has 0 radical (unpaired) electrons. The van der Waals surface area contributed by atoms with E-state index in [0.717, 1.165) is 67.5 Å². The second-order valence-electron chi connectivity index (χ2n) is 8.35. The number of carbonyl (C=O) groups excluding carboxylic acids is 3. The molecule has 2 N–H and O–H groups in total. The number of benzene rings is 2. The second kappa shape index (κ2) is 12.9. The third kappa shape index (κ3) is 7.03. The molecule has 9 heteroatoms. The SMILES string of the molecule is CNC(=O)C(C(=O)OC)N(C)C(=O)c1ccc(-c2ccc(NCCCN3CCOCC3)cc2)cc1. The first-order valence-electron chi connectivity index (χ1n) is 11.8. The van der Waals surface area contributed by atoms with Gasteiger partial charge in [-0.15, -0.1) is 0 Å². The Balaban J connectivity index is 1.56. The number of ether oxygens (including phenoxy) is 2. The number of nitrogens with one attached hydrogen (secondary N) is 2. The molecule has 188 valence electrons. The molecule has 1 aliphatic rings. The minimum Gasteiger partial charge on any atom is -0.467 e. The van der Waals surface area contributed by atoms with Crippen LogP contribution in [-0.4, -0.2) is 94.2 Å². The number of carbonyl (C=O) groups is 3. The smallest absolute Gasteiger partial charge is 0.338 e. The van der Waals surface area contributed by atoms with Gasteiger partial charge >= 0.3 is 5.97 Å². The second-order valence-corrected chi connectivity index (χ2v) is 8.35. The number of esters is 1. The third-order valence-electron chi connectivity index (χ3n) is 6.06. The Bertz CT molecular complexity index is 972. The highest BCUT2D eigenvalue weighted by Crippen LogP contribution is 2.22. The van der Waals surface area contributed by atoms with E-state index < -0.39 is 23.8 Å². The maximum absolute atomic E-state index is 12.9. The Morgan fingerprint density at radius 2 is 1.63 bits per heavy atom. The summed E-state index contributed by atoms with van der Waals surface area (Å²) in [5.74, 6) is -1.86. The van der Waals surface area contributed by atoms with Gasteiger partial charge in [-0.25, -0.2) is 4.79 Å². The van der Waals surface area contributed by atoms with Gasteiger partial charge < -0.3 is 25.0 Å². The fourth-order valence-corrected chi connectivity index (χ4v) is 3.96. The first-order valence-corrected chi connectivity index (χ1v) is 11.8. The van der Waals surface area contributed by atoms with Gasteiger partial charge in [0.05, 0.1) is 20.3 Å². The molecule has 35 heavy (non-hydrogen) atoms. The van der Waals surface area contributed by atoms with Crippen molar-refractivity contribution in [2.45, 2.75) is 12.5 Å². The average Bonchev–Trinajstić information content (AvgIpc) is 2.91. The highest BCUT2D eigenvalue weighted by atomic mass is 16.5. The number of hydrogen-bond acceptors (Lipinski definition) is 7. The maximum Gasteiger partial charge on any atom is 0.338 e.